The maximum absolute atomic E-state index is 11.5. The zero-order valence-electron chi connectivity index (χ0n) is 11.9. The molecule has 4 nitrogen and oxygen atoms in total. The molecule has 0 aliphatic rings. The number of aryl methyl sites for hydroxylation is 2. The number of benzene rings is 1. The topological polar surface area (TPSA) is 71.8 Å². The van der Waals surface area contributed by atoms with Crippen molar-refractivity contribution in [3.8, 4) is 0 Å². The second-order valence-corrected chi connectivity index (χ2v) is 6.13. The number of rotatable bonds is 4. The minimum absolute atomic E-state index is 0.0477. The van der Waals surface area contributed by atoms with Gasteiger partial charge >= 0.3 is 0 Å². The molecule has 0 saturated heterocycles. The van der Waals surface area contributed by atoms with Crippen molar-refractivity contribution >= 4 is 11.8 Å². The van der Waals surface area contributed by atoms with E-state index < -0.39 is 0 Å². The maximum Gasteiger partial charge on any atom is 0.251 e. The van der Waals surface area contributed by atoms with Crippen LogP contribution in [0.4, 0.5) is 0 Å². The van der Waals surface area contributed by atoms with Gasteiger partial charge in [0.15, 0.2) is 5.16 Å². The molecule has 0 radical (unpaired) electrons. The molecule has 2 aromatic rings. The standard InChI is InChI=1S/C15H19N3OS/c1-9-4-6-12(7-5-9)14(11(3)16)20-15-17-10(2)8-13(19)18-15/h4-8,11,14H,16H2,1-3H3,(H,17,18,19). The van der Waals surface area contributed by atoms with Crippen molar-refractivity contribution in [2.75, 3.05) is 0 Å². The quantitative estimate of drug-likeness (QED) is 0.670. The van der Waals surface area contributed by atoms with E-state index in [4.69, 9.17) is 5.73 Å². The van der Waals surface area contributed by atoms with Crippen LogP contribution in [0, 0.1) is 13.8 Å². The number of thioether (sulfide) groups is 1. The van der Waals surface area contributed by atoms with Gasteiger partial charge in [0, 0.05) is 17.8 Å². The smallest absolute Gasteiger partial charge is 0.251 e. The van der Waals surface area contributed by atoms with Crippen molar-refractivity contribution in [2.45, 2.75) is 37.2 Å². The van der Waals surface area contributed by atoms with Gasteiger partial charge in [0.2, 0.25) is 0 Å². The first-order valence-electron chi connectivity index (χ1n) is 6.52. The van der Waals surface area contributed by atoms with Gasteiger partial charge in [-0.1, -0.05) is 41.6 Å². The van der Waals surface area contributed by atoms with E-state index in [0.717, 1.165) is 5.56 Å². The summed E-state index contributed by atoms with van der Waals surface area (Å²) >= 11 is 1.49. The van der Waals surface area contributed by atoms with E-state index >= 15 is 0 Å². The highest BCUT2D eigenvalue weighted by atomic mass is 32.2. The molecule has 1 aromatic carbocycles. The Labute approximate surface area is 122 Å². The number of aromatic amines is 1. The summed E-state index contributed by atoms with van der Waals surface area (Å²) in [5.74, 6) is 0. The molecule has 0 saturated carbocycles. The van der Waals surface area contributed by atoms with E-state index in [9.17, 15) is 4.79 Å². The van der Waals surface area contributed by atoms with Gasteiger partial charge in [-0.05, 0) is 26.3 Å². The number of aromatic nitrogens is 2. The molecule has 0 aliphatic carbocycles. The molecule has 5 heteroatoms. The minimum atomic E-state index is -0.132. The highest BCUT2D eigenvalue weighted by Crippen LogP contribution is 2.35. The average molecular weight is 289 g/mol. The number of hydrogen-bond acceptors (Lipinski definition) is 4. The Balaban J connectivity index is 2.30. The molecule has 3 N–H and O–H groups in total. The Hall–Kier alpha value is -1.59. The summed E-state index contributed by atoms with van der Waals surface area (Å²) < 4.78 is 0. The zero-order valence-corrected chi connectivity index (χ0v) is 12.7. The summed E-state index contributed by atoms with van der Waals surface area (Å²) in [7, 11) is 0. The van der Waals surface area contributed by atoms with Crippen LogP contribution in [-0.2, 0) is 0 Å². The monoisotopic (exact) mass is 289 g/mol. The molecule has 20 heavy (non-hydrogen) atoms. The first-order chi connectivity index (χ1) is 9.45. The summed E-state index contributed by atoms with van der Waals surface area (Å²) in [6, 6.07) is 9.72. The fraction of sp³-hybridized carbons (Fsp3) is 0.333. The zero-order chi connectivity index (χ0) is 14.7. The van der Waals surface area contributed by atoms with Crippen LogP contribution in [-0.4, -0.2) is 16.0 Å². The van der Waals surface area contributed by atoms with E-state index in [1.807, 2.05) is 13.8 Å². The van der Waals surface area contributed by atoms with Crippen molar-refractivity contribution in [1.29, 1.82) is 0 Å². The van der Waals surface area contributed by atoms with E-state index in [2.05, 4.69) is 41.2 Å². The van der Waals surface area contributed by atoms with Crippen molar-refractivity contribution in [2.24, 2.45) is 5.73 Å². The van der Waals surface area contributed by atoms with Gasteiger partial charge in [-0.2, -0.15) is 0 Å². The highest BCUT2D eigenvalue weighted by molar-refractivity contribution is 7.99. The number of hydrogen-bond donors (Lipinski definition) is 2. The first kappa shape index (κ1) is 14.8. The Kier molecular flexibility index (Phi) is 4.62. The van der Waals surface area contributed by atoms with Gasteiger partial charge in [0.25, 0.3) is 5.56 Å². The predicted octanol–water partition coefficient (Wildman–Crippen LogP) is 2.57. The molecular formula is C15H19N3OS. The second-order valence-electron chi connectivity index (χ2n) is 5.00. The predicted molar refractivity (Wildman–Crippen MR) is 83.0 cm³/mol. The molecule has 0 bridgehead atoms. The van der Waals surface area contributed by atoms with E-state index in [-0.39, 0.29) is 16.9 Å². The van der Waals surface area contributed by atoms with Crippen molar-refractivity contribution in [3.63, 3.8) is 0 Å². The van der Waals surface area contributed by atoms with E-state index in [1.165, 1.54) is 23.4 Å². The molecule has 2 unspecified atom stereocenters. The van der Waals surface area contributed by atoms with Crippen LogP contribution in [0.15, 0.2) is 40.3 Å². The normalized spacial score (nSPS) is 14.0. The molecule has 2 atom stereocenters. The van der Waals surface area contributed by atoms with Crippen LogP contribution in [0.1, 0.15) is 29.0 Å². The lowest BCUT2D eigenvalue weighted by molar-refractivity contribution is 0.716. The van der Waals surface area contributed by atoms with Crippen molar-refractivity contribution in [1.82, 2.24) is 9.97 Å². The molecule has 2 rings (SSSR count). The molecule has 0 spiro atoms. The Bertz CT molecular complexity index is 634. The summed E-state index contributed by atoms with van der Waals surface area (Å²) in [6.45, 7) is 5.83. The van der Waals surface area contributed by atoms with Crippen molar-refractivity contribution < 1.29 is 0 Å². The summed E-state index contributed by atoms with van der Waals surface area (Å²) in [6.07, 6.45) is 0. The van der Waals surface area contributed by atoms with Crippen LogP contribution in [0.3, 0.4) is 0 Å². The van der Waals surface area contributed by atoms with Gasteiger partial charge in [-0.25, -0.2) is 4.98 Å². The molecule has 1 aromatic heterocycles. The van der Waals surface area contributed by atoms with Crippen LogP contribution in [0.25, 0.3) is 0 Å². The lowest BCUT2D eigenvalue weighted by Gasteiger charge is -2.20. The first-order valence-corrected chi connectivity index (χ1v) is 7.40. The third-order valence-electron chi connectivity index (χ3n) is 2.97. The van der Waals surface area contributed by atoms with Gasteiger partial charge in [0.05, 0.1) is 5.25 Å². The van der Waals surface area contributed by atoms with Gasteiger partial charge in [0.1, 0.15) is 0 Å². The molecule has 106 valence electrons. The number of H-pyrrole nitrogens is 1. The molecule has 0 fully saturated rings. The highest BCUT2D eigenvalue weighted by Gasteiger charge is 2.19. The molecule has 0 amide bonds. The number of nitrogens with two attached hydrogens (primary N) is 1. The van der Waals surface area contributed by atoms with Crippen molar-refractivity contribution in [3.05, 3.63) is 57.5 Å². The summed E-state index contributed by atoms with van der Waals surface area (Å²) in [4.78, 5) is 18.6. The summed E-state index contributed by atoms with van der Waals surface area (Å²) in [5.41, 5.74) is 9.02. The number of nitrogens with one attached hydrogen (secondary N) is 1. The third kappa shape index (κ3) is 3.71. The second kappa shape index (κ2) is 6.24. The lowest BCUT2D eigenvalue weighted by Crippen LogP contribution is -2.23. The van der Waals surface area contributed by atoms with Crippen LogP contribution >= 0.6 is 11.8 Å². The van der Waals surface area contributed by atoms with Crippen LogP contribution in [0.5, 0.6) is 0 Å². The Morgan fingerprint density at radius 1 is 1.25 bits per heavy atom. The molecular weight excluding hydrogens is 270 g/mol. The van der Waals surface area contributed by atoms with Crippen LogP contribution < -0.4 is 11.3 Å². The van der Waals surface area contributed by atoms with Crippen LogP contribution in [0.2, 0.25) is 0 Å². The largest absolute Gasteiger partial charge is 0.327 e. The van der Waals surface area contributed by atoms with E-state index in [1.54, 1.807) is 0 Å². The maximum atomic E-state index is 11.5. The van der Waals surface area contributed by atoms with Gasteiger partial charge in [-0.3, -0.25) is 4.79 Å². The fourth-order valence-corrected chi connectivity index (χ4v) is 3.07. The molecule has 1 heterocycles. The Morgan fingerprint density at radius 2 is 1.90 bits per heavy atom. The number of nitrogens with zero attached hydrogens (tertiary/aromatic N) is 1. The Morgan fingerprint density at radius 3 is 2.45 bits per heavy atom. The SMILES string of the molecule is Cc1ccc(C(Sc2nc(C)cc(=O)[nH]2)C(C)N)cc1. The van der Waals surface area contributed by atoms with Gasteiger partial charge < -0.3 is 10.7 Å². The van der Waals surface area contributed by atoms with Gasteiger partial charge in [-0.15, -0.1) is 0 Å². The summed E-state index contributed by atoms with van der Waals surface area (Å²) in [5, 5.41) is 0.665. The fourth-order valence-electron chi connectivity index (χ4n) is 1.96. The minimum Gasteiger partial charge on any atom is -0.327 e. The third-order valence-corrected chi connectivity index (χ3v) is 4.34. The van der Waals surface area contributed by atoms with E-state index in [0.29, 0.717) is 10.9 Å². The lowest BCUT2D eigenvalue weighted by atomic mass is 10.1. The molecule has 0 aliphatic heterocycles. The average Bonchev–Trinajstić information content (AvgIpc) is 2.36.